The molecule has 18 heavy (non-hydrogen) atoms. The number of carbonyl (C=O) groups excluding carboxylic acids is 1. The van der Waals surface area contributed by atoms with Crippen molar-refractivity contribution in [3.63, 3.8) is 0 Å². The molecule has 0 amide bonds. The molecule has 0 radical (unpaired) electrons. The average Bonchev–Trinajstić information content (AvgIpc) is 2.41. The van der Waals surface area contributed by atoms with Crippen LogP contribution < -0.4 is 9.47 Å². The lowest BCUT2D eigenvalue weighted by molar-refractivity contribution is -0.124. The Bertz CT molecular complexity index is 426. The summed E-state index contributed by atoms with van der Waals surface area (Å²) in [5.41, 5.74) is 1.15. The highest BCUT2D eigenvalue weighted by atomic mass is 16.5. The number of benzene rings is 1. The van der Waals surface area contributed by atoms with Gasteiger partial charge in [-0.1, -0.05) is 12.5 Å². The van der Waals surface area contributed by atoms with Gasteiger partial charge in [-0.25, -0.2) is 0 Å². The lowest BCUT2D eigenvalue weighted by Gasteiger charge is -2.20. The zero-order valence-corrected chi connectivity index (χ0v) is 11.1. The van der Waals surface area contributed by atoms with Gasteiger partial charge in [0.25, 0.3) is 0 Å². The summed E-state index contributed by atoms with van der Waals surface area (Å²) < 4.78 is 10.5. The van der Waals surface area contributed by atoms with Crippen molar-refractivity contribution in [2.45, 2.75) is 32.1 Å². The van der Waals surface area contributed by atoms with Gasteiger partial charge < -0.3 is 9.47 Å². The fraction of sp³-hybridized carbons (Fsp3) is 0.533. The third-order valence-electron chi connectivity index (χ3n) is 3.61. The second-order valence-corrected chi connectivity index (χ2v) is 4.80. The third kappa shape index (κ3) is 2.84. The molecule has 1 aliphatic carbocycles. The molecule has 1 saturated carbocycles. The first kappa shape index (κ1) is 12.9. The molecule has 0 saturated heterocycles. The summed E-state index contributed by atoms with van der Waals surface area (Å²) in [6.07, 6.45) is 4.81. The zero-order chi connectivity index (χ0) is 13.0. The lowest BCUT2D eigenvalue weighted by Crippen LogP contribution is -2.21. The molecule has 1 aromatic carbocycles. The van der Waals surface area contributed by atoms with Crippen LogP contribution in [0.5, 0.6) is 11.5 Å². The van der Waals surface area contributed by atoms with Crippen molar-refractivity contribution >= 4 is 5.78 Å². The lowest BCUT2D eigenvalue weighted by atomic mass is 9.84. The Hall–Kier alpha value is -1.51. The van der Waals surface area contributed by atoms with Crippen LogP contribution in [-0.4, -0.2) is 20.0 Å². The largest absolute Gasteiger partial charge is 0.493 e. The van der Waals surface area contributed by atoms with E-state index in [4.69, 9.17) is 9.47 Å². The Morgan fingerprint density at radius 1 is 1.17 bits per heavy atom. The van der Waals surface area contributed by atoms with Gasteiger partial charge in [0.1, 0.15) is 5.78 Å². The van der Waals surface area contributed by atoms with Gasteiger partial charge in [0.2, 0.25) is 0 Å². The first-order valence-corrected chi connectivity index (χ1v) is 6.48. The maximum atomic E-state index is 11.8. The van der Waals surface area contributed by atoms with E-state index in [0.717, 1.165) is 42.7 Å². The molecule has 0 heterocycles. The minimum Gasteiger partial charge on any atom is -0.493 e. The summed E-state index contributed by atoms with van der Waals surface area (Å²) in [7, 11) is 3.26. The Morgan fingerprint density at radius 2 is 1.94 bits per heavy atom. The molecular weight excluding hydrogens is 228 g/mol. The fourth-order valence-corrected chi connectivity index (χ4v) is 2.56. The van der Waals surface area contributed by atoms with E-state index < -0.39 is 0 Å². The smallest absolute Gasteiger partial charge is 0.160 e. The van der Waals surface area contributed by atoms with E-state index in [1.165, 1.54) is 6.42 Å². The number of carbonyl (C=O) groups is 1. The first-order chi connectivity index (χ1) is 8.74. The van der Waals surface area contributed by atoms with Gasteiger partial charge in [-0.3, -0.25) is 4.79 Å². The molecule has 3 heteroatoms. The van der Waals surface area contributed by atoms with Gasteiger partial charge in [-0.2, -0.15) is 0 Å². The van der Waals surface area contributed by atoms with Gasteiger partial charge in [0.05, 0.1) is 14.2 Å². The fourth-order valence-electron chi connectivity index (χ4n) is 2.56. The summed E-state index contributed by atoms with van der Waals surface area (Å²) in [5.74, 6) is 2.07. The van der Waals surface area contributed by atoms with Crippen LogP contribution in [0.1, 0.15) is 31.2 Å². The SMILES string of the molecule is COc1ccc(CC2CCCCC2=O)cc1OC. The summed E-state index contributed by atoms with van der Waals surface area (Å²) >= 11 is 0. The van der Waals surface area contributed by atoms with Gasteiger partial charge >= 0.3 is 0 Å². The Balaban J connectivity index is 2.11. The maximum Gasteiger partial charge on any atom is 0.160 e. The van der Waals surface area contributed by atoms with E-state index in [0.29, 0.717) is 5.78 Å². The number of ether oxygens (including phenoxy) is 2. The predicted molar refractivity (Wildman–Crippen MR) is 70.2 cm³/mol. The molecule has 0 spiro atoms. The van der Waals surface area contributed by atoms with Crippen LogP contribution in [0.2, 0.25) is 0 Å². The average molecular weight is 248 g/mol. The molecule has 0 N–H and O–H groups in total. The van der Waals surface area contributed by atoms with Crippen LogP contribution in [0.4, 0.5) is 0 Å². The summed E-state index contributed by atoms with van der Waals surface area (Å²) in [6.45, 7) is 0. The van der Waals surface area contributed by atoms with Crippen molar-refractivity contribution in [2.24, 2.45) is 5.92 Å². The molecule has 0 bridgehead atoms. The van der Waals surface area contributed by atoms with Crippen molar-refractivity contribution in [3.8, 4) is 11.5 Å². The van der Waals surface area contributed by atoms with Crippen molar-refractivity contribution < 1.29 is 14.3 Å². The van der Waals surface area contributed by atoms with Crippen LogP contribution in [0.25, 0.3) is 0 Å². The number of hydrogen-bond acceptors (Lipinski definition) is 3. The molecule has 3 nitrogen and oxygen atoms in total. The maximum absolute atomic E-state index is 11.8. The second-order valence-electron chi connectivity index (χ2n) is 4.80. The highest BCUT2D eigenvalue weighted by molar-refractivity contribution is 5.81. The van der Waals surface area contributed by atoms with Crippen molar-refractivity contribution in [1.82, 2.24) is 0 Å². The number of ketones is 1. The normalized spacial score (nSPS) is 19.7. The Kier molecular flexibility index (Phi) is 4.24. The van der Waals surface area contributed by atoms with E-state index in [1.54, 1.807) is 14.2 Å². The molecule has 1 unspecified atom stereocenters. The van der Waals surface area contributed by atoms with Crippen LogP contribution >= 0.6 is 0 Å². The van der Waals surface area contributed by atoms with Crippen molar-refractivity contribution in [3.05, 3.63) is 23.8 Å². The standard InChI is InChI=1S/C15H20O3/c1-17-14-8-7-11(10-15(14)18-2)9-12-5-3-4-6-13(12)16/h7-8,10,12H,3-6,9H2,1-2H3. The molecule has 2 rings (SSSR count). The molecule has 1 fully saturated rings. The van der Waals surface area contributed by atoms with Gasteiger partial charge in [-0.05, 0) is 37.0 Å². The molecule has 0 aromatic heterocycles. The molecule has 98 valence electrons. The van der Waals surface area contributed by atoms with Gasteiger partial charge in [-0.15, -0.1) is 0 Å². The first-order valence-electron chi connectivity index (χ1n) is 6.48. The molecule has 1 aromatic rings. The molecule has 1 aliphatic rings. The Morgan fingerprint density at radius 3 is 2.61 bits per heavy atom. The minimum absolute atomic E-state index is 0.192. The highest BCUT2D eigenvalue weighted by Gasteiger charge is 2.22. The second kappa shape index (κ2) is 5.89. The predicted octanol–water partition coefficient (Wildman–Crippen LogP) is 3.01. The topological polar surface area (TPSA) is 35.5 Å². The van der Waals surface area contributed by atoms with Crippen LogP contribution in [0.15, 0.2) is 18.2 Å². The quantitative estimate of drug-likeness (QED) is 0.821. The van der Waals surface area contributed by atoms with E-state index >= 15 is 0 Å². The molecule has 1 atom stereocenters. The van der Waals surface area contributed by atoms with E-state index in [2.05, 4.69) is 0 Å². The van der Waals surface area contributed by atoms with Crippen LogP contribution in [-0.2, 0) is 11.2 Å². The zero-order valence-electron chi connectivity index (χ0n) is 11.1. The van der Waals surface area contributed by atoms with Crippen LogP contribution in [0.3, 0.4) is 0 Å². The number of Topliss-reactive ketones (excluding diaryl/α,β-unsaturated/α-hetero) is 1. The number of hydrogen-bond donors (Lipinski definition) is 0. The van der Waals surface area contributed by atoms with Crippen molar-refractivity contribution in [2.75, 3.05) is 14.2 Å². The summed E-state index contributed by atoms with van der Waals surface area (Å²) in [6, 6.07) is 5.89. The third-order valence-corrected chi connectivity index (χ3v) is 3.61. The molecule has 0 aliphatic heterocycles. The van der Waals surface area contributed by atoms with E-state index in [9.17, 15) is 4.79 Å². The van der Waals surface area contributed by atoms with Gasteiger partial charge in [0.15, 0.2) is 11.5 Å². The summed E-state index contributed by atoms with van der Waals surface area (Å²) in [5, 5.41) is 0. The van der Waals surface area contributed by atoms with E-state index in [1.807, 2.05) is 18.2 Å². The number of rotatable bonds is 4. The van der Waals surface area contributed by atoms with Crippen LogP contribution in [0, 0.1) is 5.92 Å². The Labute approximate surface area is 108 Å². The monoisotopic (exact) mass is 248 g/mol. The summed E-state index contributed by atoms with van der Waals surface area (Å²) in [4.78, 5) is 11.8. The van der Waals surface area contributed by atoms with Gasteiger partial charge in [0, 0.05) is 12.3 Å². The number of methoxy groups -OCH3 is 2. The highest BCUT2D eigenvalue weighted by Crippen LogP contribution is 2.30. The van der Waals surface area contributed by atoms with E-state index in [-0.39, 0.29) is 5.92 Å². The van der Waals surface area contributed by atoms with Crippen molar-refractivity contribution in [1.29, 1.82) is 0 Å². The molecular formula is C15H20O3. The minimum atomic E-state index is 0.192.